The Morgan fingerprint density at radius 1 is 1.00 bits per heavy atom. The van der Waals surface area contributed by atoms with Crippen LogP contribution >= 0.6 is 0 Å². The summed E-state index contributed by atoms with van der Waals surface area (Å²) in [5.41, 5.74) is 1.21. The van der Waals surface area contributed by atoms with Crippen molar-refractivity contribution in [2.24, 2.45) is 5.92 Å². The van der Waals surface area contributed by atoms with Crippen LogP contribution in [-0.4, -0.2) is 81.8 Å². The van der Waals surface area contributed by atoms with Gasteiger partial charge < -0.3 is 19.3 Å². The van der Waals surface area contributed by atoms with E-state index in [-0.39, 0.29) is 0 Å². The van der Waals surface area contributed by atoms with E-state index in [0.717, 1.165) is 37.1 Å². The number of hydrogen-bond acceptors (Lipinski definition) is 5. The molecule has 2 heterocycles. The largest absolute Gasteiger partial charge is 0.497 e. The van der Waals surface area contributed by atoms with E-state index in [4.69, 9.17) is 9.47 Å². The number of hydrogen-bond donors (Lipinski definition) is 0. The molecular weight excluding hydrogens is 314 g/mol. The fraction of sp³-hybridized carbons (Fsp3) is 0.700. The summed E-state index contributed by atoms with van der Waals surface area (Å²) < 4.78 is 10.9. The summed E-state index contributed by atoms with van der Waals surface area (Å²) >= 11 is 0. The molecule has 0 amide bonds. The monoisotopic (exact) mass is 347 g/mol. The van der Waals surface area contributed by atoms with E-state index in [1.165, 1.54) is 51.1 Å². The minimum Gasteiger partial charge on any atom is -0.497 e. The van der Waals surface area contributed by atoms with Crippen LogP contribution < -0.4 is 9.47 Å². The van der Waals surface area contributed by atoms with Gasteiger partial charge in [0.05, 0.1) is 14.2 Å². The summed E-state index contributed by atoms with van der Waals surface area (Å²) in [7, 11) is 5.71. The van der Waals surface area contributed by atoms with E-state index < -0.39 is 0 Å². The molecule has 0 saturated carbocycles. The van der Waals surface area contributed by atoms with E-state index in [1.54, 1.807) is 14.2 Å². The number of benzene rings is 1. The Kier molecular flexibility index (Phi) is 6.57. The fourth-order valence-corrected chi connectivity index (χ4v) is 4.16. The molecule has 140 valence electrons. The number of ether oxygens (including phenoxy) is 2. The van der Waals surface area contributed by atoms with E-state index in [1.807, 2.05) is 12.1 Å². The van der Waals surface area contributed by atoms with Crippen molar-refractivity contribution in [2.45, 2.75) is 19.4 Å². The molecule has 5 heteroatoms. The van der Waals surface area contributed by atoms with Crippen molar-refractivity contribution in [3.63, 3.8) is 0 Å². The molecular formula is C20H33N3O2. The van der Waals surface area contributed by atoms with Crippen molar-refractivity contribution < 1.29 is 9.47 Å². The van der Waals surface area contributed by atoms with Gasteiger partial charge in [0.1, 0.15) is 11.5 Å². The normalized spacial score (nSPS) is 23.6. The first kappa shape index (κ1) is 18.5. The third-order valence-electron chi connectivity index (χ3n) is 5.58. The highest BCUT2D eigenvalue weighted by molar-refractivity contribution is 5.40. The second kappa shape index (κ2) is 8.88. The summed E-state index contributed by atoms with van der Waals surface area (Å²) in [5, 5.41) is 0. The van der Waals surface area contributed by atoms with Gasteiger partial charge in [-0.05, 0) is 50.6 Å². The molecule has 0 aromatic heterocycles. The Balaban J connectivity index is 1.49. The molecule has 1 aromatic carbocycles. The van der Waals surface area contributed by atoms with E-state index in [0.29, 0.717) is 0 Å². The van der Waals surface area contributed by atoms with Gasteiger partial charge in [0, 0.05) is 51.4 Å². The van der Waals surface area contributed by atoms with Crippen molar-refractivity contribution in [1.29, 1.82) is 0 Å². The number of piperazine rings is 1. The first-order valence-electron chi connectivity index (χ1n) is 9.52. The standard InChI is InChI=1S/C20H33N3O2/c1-21-8-4-5-17(14-21)15-22-9-11-23(12-10-22)16-18-13-19(24-2)6-7-20(18)25-3/h6-7,13,17H,4-5,8-12,14-16H2,1-3H3. The van der Waals surface area contributed by atoms with Gasteiger partial charge in [0.15, 0.2) is 0 Å². The minimum absolute atomic E-state index is 0.851. The number of likely N-dealkylation sites (tertiary alicyclic amines) is 1. The Morgan fingerprint density at radius 3 is 2.44 bits per heavy atom. The minimum atomic E-state index is 0.851. The van der Waals surface area contributed by atoms with Crippen LogP contribution in [0.1, 0.15) is 18.4 Å². The Morgan fingerprint density at radius 2 is 1.76 bits per heavy atom. The SMILES string of the molecule is COc1ccc(OC)c(CN2CCN(CC3CCCN(C)C3)CC2)c1. The third kappa shape index (κ3) is 5.09. The predicted molar refractivity (Wildman–Crippen MR) is 101 cm³/mol. The summed E-state index contributed by atoms with van der Waals surface area (Å²) in [4.78, 5) is 7.67. The van der Waals surface area contributed by atoms with E-state index in [2.05, 4.69) is 27.8 Å². The van der Waals surface area contributed by atoms with Crippen LogP contribution in [0.4, 0.5) is 0 Å². The van der Waals surface area contributed by atoms with Crippen LogP contribution in [0.3, 0.4) is 0 Å². The van der Waals surface area contributed by atoms with Crippen molar-refractivity contribution in [3.05, 3.63) is 23.8 Å². The topological polar surface area (TPSA) is 28.2 Å². The summed E-state index contributed by atoms with van der Waals surface area (Å²) in [6, 6.07) is 6.06. The average Bonchev–Trinajstić information content (AvgIpc) is 2.63. The summed E-state index contributed by atoms with van der Waals surface area (Å²) in [5.74, 6) is 2.70. The zero-order valence-electron chi connectivity index (χ0n) is 16.0. The van der Waals surface area contributed by atoms with Crippen LogP contribution in [0, 0.1) is 5.92 Å². The quantitative estimate of drug-likeness (QED) is 0.786. The van der Waals surface area contributed by atoms with Crippen molar-refractivity contribution >= 4 is 0 Å². The molecule has 2 aliphatic heterocycles. The smallest absolute Gasteiger partial charge is 0.123 e. The van der Waals surface area contributed by atoms with Gasteiger partial charge in [-0.1, -0.05) is 0 Å². The average molecular weight is 348 g/mol. The molecule has 1 atom stereocenters. The number of piperidine rings is 1. The number of methoxy groups -OCH3 is 2. The molecule has 0 aliphatic carbocycles. The molecule has 2 fully saturated rings. The van der Waals surface area contributed by atoms with Crippen LogP contribution in [0.5, 0.6) is 11.5 Å². The predicted octanol–water partition coefficient (Wildman–Crippen LogP) is 2.16. The van der Waals surface area contributed by atoms with Crippen LogP contribution in [0.25, 0.3) is 0 Å². The van der Waals surface area contributed by atoms with Gasteiger partial charge in [-0.25, -0.2) is 0 Å². The highest BCUT2D eigenvalue weighted by Crippen LogP contribution is 2.26. The zero-order valence-corrected chi connectivity index (χ0v) is 16.0. The third-order valence-corrected chi connectivity index (χ3v) is 5.58. The summed E-state index contributed by atoms with van der Waals surface area (Å²) in [6.45, 7) is 9.33. The number of rotatable bonds is 6. The molecule has 2 saturated heterocycles. The van der Waals surface area contributed by atoms with E-state index in [9.17, 15) is 0 Å². The molecule has 0 N–H and O–H groups in total. The van der Waals surface area contributed by atoms with Gasteiger partial charge in [-0.3, -0.25) is 4.90 Å². The second-order valence-corrected chi connectivity index (χ2v) is 7.53. The molecule has 3 rings (SSSR count). The maximum atomic E-state index is 5.52. The van der Waals surface area contributed by atoms with Crippen LogP contribution in [0.2, 0.25) is 0 Å². The van der Waals surface area contributed by atoms with Crippen LogP contribution in [-0.2, 0) is 6.54 Å². The Labute approximate surface area is 152 Å². The zero-order chi connectivity index (χ0) is 17.6. The molecule has 5 nitrogen and oxygen atoms in total. The first-order chi connectivity index (χ1) is 12.2. The van der Waals surface area contributed by atoms with Crippen molar-refractivity contribution in [3.8, 4) is 11.5 Å². The van der Waals surface area contributed by atoms with Gasteiger partial charge in [0.25, 0.3) is 0 Å². The van der Waals surface area contributed by atoms with Gasteiger partial charge in [0.2, 0.25) is 0 Å². The summed E-state index contributed by atoms with van der Waals surface area (Å²) in [6.07, 6.45) is 2.75. The second-order valence-electron chi connectivity index (χ2n) is 7.53. The lowest BCUT2D eigenvalue weighted by molar-refractivity contribution is 0.0925. The molecule has 2 aliphatic rings. The van der Waals surface area contributed by atoms with E-state index >= 15 is 0 Å². The van der Waals surface area contributed by atoms with Gasteiger partial charge in [-0.15, -0.1) is 0 Å². The number of nitrogens with zero attached hydrogens (tertiary/aromatic N) is 3. The lowest BCUT2D eigenvalue weighted by Crippen LogP contribution is -2.48. The molecule has 25 heavy (non-hydrogen) atoms. The molecule has 1 unspecified atom stereocenters. The van der Waals surface area contributed by atoms with Crippen molar-refractivity contribution in [1.82, 2.24) is 14.7 Å². The Bertz CT molecular complexity index is 544. The first-order valence-corrected chi connectivity index (χ1v) is 9.52. The lowest BCUT2D eigenvalue weighted by Gasteiger charge is -2.38. The van der Waals surface area contributed by atoms with Gasteiger partial charge in [-0.2, -0.15) is 0 Å². The highest BCUT2D eigenvalue weighted by atomic mass is 16.5. The molecule has 0 bridgehead atoms. The maximum Gasteiger partial charge on any atom is 0.123 e. The lowest BCUT2D eigenvalue weighted by atomic mass is 9.97. The molecule has 0 radical (unpaired) electrons. The Hall–Kier alpha value is -1.30. The fourth-order valence-electron chi connectivity index (χ4n) is 4.16. The van der Waals surface area contributed by atoms with Gasteiger partial charge >= 0.3 is 0 Å². The maximum absolute atomic E-state index is 5.52. The molecule has 1 aromatic rings. The van der Waals surface area contributed by atoms with Crippen LogP contribution in [0.15, 0.2) is 18.2 Å². The highest BCUT2D eigenvalue weighted by Gasteiger charge is 2.23. The molecule has 0 spiro atoms. The van der Waals surface area contributed by atoms with Crippen molar-refractivity contribution in [2.75, 3.05) is 67.1 Å².